The maximum atomic E-state index is 5.25. The molecule has 0 spiro atoms. The van der Waals surface area contributed by atoms with Crippen molar-refractivity contribution in [3.63, 3.8) is 0 Å². The fourth-order valence-electron chi connectivity index (χ4n) is 2.10. The van der Waals surface area contributed by atoms with Crippen LogP contribution in [0.3, 0.4) is 0 Å². The van der Waals surface area contributed by atoms with Crippen LogP contribution in [-0.2, 0) is 19.4 Å². The van der Waals surface area contributed by atoms with Crippen molar-refractivity contribution in [2.75, 3.05) is 5.32 Å². The van der Waals surface area contributed by atoms with Gasteiger partial charge in [-0.2, -0.15) is 4.98 Å². The number of hydrogen-bond donors (Lipinski definition) is 1. The second-order valence-electron chi connectivity index (χ2n) is 4.81. The molecule has 0 radical (unpaired) electrons. The van der Waals surface area contributed by atoms with Crippen molar-refractivity contribution in [3.05, 3.63) is 77.9 Å². The minimum Gasteiger partial charge on any atom is -0.376 e. The summed E-state index contributed by atoms with van der Waals surface area (Å²) >= 11 is 0. The summed E-state index contributed by atoms with van der Waals surface area (Å²) < 4.78 is 5.25. The maximum absolute atomic E-state index is 5.25. The first-order chi connectivity index (χ1) is 10.4. The number of nitrogens with one attached hydrogen (secondary N) is 1. The Kier molecular flexibility index (Phi) is 4.27. The highest BCUT2D eigenvalue weighted by molar-refractivity contribution is 5.42. The van der Waals surface area contributed by atoms with E-state index in [0.717, 1.165) is 24.4 Å². The number of para-hydroxylation sites is 1. The first-order valence-electron chi connectivity index (χ1n) is 7.04. The molecule has 1 aromatic heterocycles. The van der Waals surface area contributed by atoms with Gasteiger partial charge < -0.3 is 9.84 Å². The zero-order valence-electron chi connectivity index (χ0n) is 11.7. The second-order valence-corrected chi connectivity index (χ2v) is 4.81. The molecule has 0 atom stereocenters. The Morgan fingerprint density at radius 2 is 1.57 bits per heavy atom. The molecule has 0 bridgehead atoms. The van der Waals surface area contributed by atoms with Crippen LogP contribution in [0.5, 0.6) is 0 Å². The summed E-state index contributed by atoms with van der Waals surface area (Å²) in [5.41, 5.74) is 2.33. The van der Waals surface area contributed by atoms with Crippen LogP contribution in [0.4, 0.5) is 5.69 Å². The lowest BCUT2D eigenvalue weighted by Crippen LogP contribution is -2.00. The summed E-state index contributed by atoms with van der Waals surface area (Å²) in [5, 5.41) is 7.27. The number of rotatable bonds is 6. The third-order valence-electron chi connectivity index (χ3n) is 3.21. The van der Waals surface area contributed by atoms with Gasteiger partial charge in [0.1, 0.15) is 0 Å². The number of hydrogen-bond acceptors (Lipinski definition) is 4. The molecular formula is C17H17N3O. The van der Waals surface area contributed by atoms with Crippen LogP contribution in [0.1, 0.15) is 17.3 Å². The average molecular weight is 279 g/mol. The number of nitrogens with zero attached hydrogens (tertiary/aromatic N) is 2. The van der Waals surface area contributed by atoms with Gasteiger partial charge in [-0.1, -0.05) is 53.7 Å². The van der Waals surface area contributed by atoms with E-state index in [1.165, 1.54) is 5.56 Å². The molecule has 4 heteroatoms. The van der Waals surface area contributed by atoms with Crippen molar-refractivity contribution in [2.24, 2.45) is 0 Å². The third-order valence-corrected chi connectivity index (χ3v) is 3.21. The highest BCUT2D eigenvalue weighted by Crippen LogP contribution is 2.08. The van der Waals surface area contributed by atoms with Crippen LogP contribution in [-0.4, -0.2) is 10.1 Å². The van der Waals surface area contributed by atoms with Gasteiger partial charge in [-0.25, -0.2) is 0 Å². The van der Waals surface area contributed by atoms with E-state index in [4.69, 9.17) is 4.52 Å². The molecule has 0 aliphatic carbocycles. The molecule has 0 fully saturated rings. The van der Waals surface area contributed by atoms with Gasteiger partial charge in [-0.05, 0) is 24.1 Å². The lowest BCUT2D eigenvalue weighted by molar-refractivity contribution is 0.377. The lowest BCUT2D eigenvalue weighted by atomic mass is 10.1. The van der Waals surface area contributed by atoms with Gasteiger partial charge in [0.05, 0.1) is 6.54 Å². The van der Waals surface area contributed by atoms with Gasteiger partial charge in [-0.3, -0.25) is 0 Å². The highest BCUT2D eigenvalue weighted by atomic mass is 16.5. The molecule has 0 unspecified atom stereocenters. The van der Waals surface area contributed by atoms with E-state index < -0.39 is 0 Å². The van der Waals surface area contributed by atoms with Crippen LogP contribution in [0.25, 0.3) is 0 Å². The van der Waals surface area contributed by atoms with Crippen molar-refractivity contribution in [2.45, 2.75) is 19.4 Å². The van der Waals surface area contributed by atoms with E-state index in [0.29, 0.717) is 12.4 Å². The van der Waals surface area contributed by atoms with Gasteiger partial charge in [0, 0.05) is 12.1 Å². The summed E-state index contributed by atoms with van der Waals surface area (Å²) in [7, 11) is 0. The average Bonchev–Trinajstić information content (AvgIpc) is 3.01. The van der Waals surface area contributed by atoms with Crippen LogP contribution >= 0.6 is 0 Å². The number of benzene rings is 2. The Bertz CT molecular complexity index is 607. The Hall–Kier alpha value is -2.62. The monoisotopic (exact) mass is 279 g/mol. The fourth-order valence-corrected chi connectivity index (χ4v) is 2.10. The maximum Gasteiger partial charge on any atom is 0.245 e. The Labute approximate surface area is 123 Å². The molecule has 1 N–H and O–H groups in total. The van der Waals surface area contributed by atoms with Gasteiger partial charge in [0.15, 0.2) is 5.82 Å². The minimum atomic E-state index is 0.544. The Balaban J connectivity index is 1.52. The molecule has 0 amide bonds. The predicted octanol–water partition coefficient (Wildman–Crippen LogP) is 3.47. The second kappa shape index (κ2) is 6.70. The number of aromatic nitrogens is 2. The van der Waals surface area contributed by atoms with Crippen molar-refractivity contribution in [1.82, 2.24) is 10.1 Å². The molecule has 0 aliphatic heterocycles. The minimum absolute atomic E-state index is 0.544. The van der Waals surface area contributed by atoms with E-state index in [-0.39, 0.29) is 0 Å². The number of anilines is 1. The zero-order valence-corrected chi connectivity index (χ0v) is 11.7. The quantitative estimate of drug-likeness (QED) is 0.750. The smallest absolute Gasteiger partial charge is 0.245 e. The van der Waals surface area contributed by atoms with Crippen molar-refractivity contribution >= 4 is 5.69 Å². The number of aryl methyl sites for hydroxylation is 2. The third kappa shape index (κ3) is 3.92. The van der Waals surface area contributed by atoms with Crippen LogP contribution in [0.2, 0.25) is 0 Å². The van der Waals surface area contributed by atoms with Gasteiger partial charge >= 0.3 is 0 Å². The van der Waals surface area contributed by atoms with Crippen LogP contribution in [0.15, 0.2) is 65.2 Å². The molecule has 1 heterocycles. The molecule has 0 saturated carbocycles. The van der Waals surface area contributed by atoms with Gasteiger partial charge in [-0.15, -0.1) is 0 Å². The molecular weight excluding hydrogens is 262 g/mol. The normalized spacial score (nSPS) is 10.5. The summed E-state index contributed by atoms with van der Waals surface area (Å²) in [5.74, 6) is 1.37. The Morgan fingerprint density at radius 1 is 0.857 bits per heavy atom. The van der Waals surface area contributed by atoms with E-state index >= 15 is 0 Å². The Morgan fingerprint density at radius 3 is 2.33 bits per heavy atom. The first kappa shape index (κ1) is 13.4. The summed E-state index contributed by atoms with van der Waals surface area (Å²) in [6, 6.07) is 20.3. The predicted molar refractivity (Wildman–Crippen MR) is 81.9 cm³/mol. The highest BCUT2D eigenvalue weighted by Gasteiger charge is 2.06. The van der Waals surface area contributed by atoms with Gasteiger partial charge in [0.25, 0.3) is 0 Å². The summed E-state index contributed by atoms with van der Waals surface area (Å²) in [6.07, 6.45) is 1.71. The molecule has 106 valence electrons. The molecule has 3 aromatic rings. The topological polar surface area (TPSA) is 51.0 Å². The van der Waals surface area contributed by atoms with Crippen LogP contribution < -0.4 is 5.32 Å². The zero-order chi connectivity index (χ0) is 14.3. The van der Waals surface area contributed by atoms with E-state index in [1.54, 1.807) is 0 Å². The van der Waals surface area contributed by atoms with E-state index in [9.17, 15) is 0 Å². The summed E-state index contributed by atoms with van der Waals surface area (Å²) in [4.78, 5) is 4.40. The summed E-state index contributed by atoms with van der Waals surface area (Å²) in [6.45, 7) is 0.544. The molecule has 21 heavy (non-hydrogen) atoms. The van der Waals surface area contributed by atoms with Crippen molar-refractivity contribution in [1.29, 1.82) is 0 Å². The van der Waals surface area contributed by atoms with Crippen molar-refractivity contribution < 1.29 is 4.52 Å². The first-order valence-corrected chi connectivity index (χ1v) is 7.04. The molecule has 2 aromatic carbocycles. The molecule has 4 nitrogen and oxygen atoms in total. The van der Waals surface area contributed by atoms with Crippen molar-refractivity contribution in [3.8, 4) is 0 Å². The standard InChI is InChI=1S/C17H17N3O/c1-3-7-14(8-4-1)11-12-16-19-17(21-20-16)13-18-15-9-5-2-6-10-15/h1-10,18H,11-13H2. The van der Waals surface area contributed by atoms with Crippen LogP contribution in [0, 0.1) is 0 Å². The lowest BCUT2D eigenvalue weighted by Gasteiger charge is -2.01. The SMILES string of the molecule is c1ccc(CCc2noc(CNc3ccccc3)n2)cc1. The van der Waals surface area contributed by atoms with Gasteiger partial charge in [0.2, 0.25) is 5.89 Å². The molecule has 0 saturated heterocycles. The van der Waals surface area contributed by atoms with E-state index in [1.807, 2.05) is 48.5 Å². The fraction of sp³-hybridized carbons (Fsp3) is 0.176. The van der Waals surface area contributed by atoms with E-state index in [2.05, 4.69) is 27.6 Å². The largest absolute Gasteiger partial charge is 0.376 e. The molecule has 0 aliphatic rings. The molecule has 3 rings (SSSR count).